The first-order valence-corrected chi connectivity index (χ1v) is 12.1. The molecule has 0 saturated carbocycles. The maximum absolute atomic E-state index is 13.6. The first-order chi connectivity index (χ1) is 18.5. The van der Waals surface area contributed by atoms with Gasteiger partial charge in [0.25, 0.3) is 5.56 Å². The van der Waals surface area contributed by atoms with Crippen LogP contribution >= 0.6 is 11.6 Å². The number of hydrogen-bond acceptors (Lipinski definition) is 5. The van der Waals surface area contributed by atoms with Crippen molar-refractivity contribution >= 4 is 39.7 Å². The van der Waals surface area contributed by atoms with E-state index in [-0.39, 0.29) is 23.8 Å². The molecule has 38 heavy (non-hydrogen) atoms. The Morgan fingerprint density at radius 3 is 2.68 bits per heavy atom. The van der Waals surface area contributed by atoms with Gasteiger partial charge in [-0.2, -0.15) is 9.78 Å². The van der Waals surface area contributed by atoms with Crippen LogP contribution in [-0.4, -0.2) is 15.9 Å². The van der Waals surface area contributed by atoms with E-state index >= 15 is 0 Å². The van der Waals surface area contributed by atoms with Crippen molar-refractivity contribution in [3.05, 3.63) is 129 Å². The van der Waals surface area contributed by atoms with Crippen LogP contribution in [-0.2, 0) is 6.61 Å². The third kappa shape index (κ3) is 4.67. The molecular weight excluding hydrogens is 505 g/mol. The topological polar surface area (TPSA) is 69.6 Å². The molecule has 0 aliphatic rings. The number of fused-ring (bicyclic) bond motifs is 2. The summed E-state index contributed by atoms with van der Waals surface area (Å²) in [6.07, 6.45) is 1.48. The summed E-state index contributed by atoms with van der Waals surface area (Å²) in [6.45, 7) is 0.141. The molecule has 0 atom stereocenters. The molecule has 4 aromatic carbocycles. The van der Waals surface area contributed by atoms with Gasteiger partial charge in [-0.3, -0.25) is 4.79 Å². The highest BCUT2D eigenvalue weighted by molar-refractivity contribution is 6.30. The van der Waals surface area contributed by atoms with Gasteiger partial charge in [-0.05, 0) is 60.2 Å². The molecule has 0 radical (unpaired) electrons. The van der Waals surface area contributed by atoms with Crippen LogP contribution in [0.3, 0.4) is 0 Å². The van der Waals surface area contributed by atoms with Crippen molar-refractivity contribution in [2.45, 2.75) is 6.61 Å². The number of aromatic nitrogens is 2. The Labute approximate surface area is 221 Å². The molecule has 0 spiro atoms. The lowest BCUT2D eigenvalue weighted by Gasteiger charge is -2.11. The Bertz CT molecular complexity index is 1860. The van der Waals surface area contributed by atoms with Gasteiger partial charge in [-0.15, -0.1) is 0 Å². The Morgan fingerprint density at radius 1 is 0.974 bits per heavy atom. The van der Waals surface area contributed by atoms with Crippen molar-refractivity contribution in [3.63, 3.8) is 0 Å². The molecule has 2 heterocycles. The highest BCUT2D eigenvalue weighted by Gasteiger charge is 2.16. The molecule has 8 heteroatoms. The summed E-state index contributed by atoms with van der Waals surface area (Å²) in [4.78, 5) is 18.2. The van der Waals surface area contributed by atoms with E-state index < -0.39 is 0 Å². The van der Waals surface area contributed by atoms with Crippen LogP contribution in [0.5, 0.6) is 5.75 Å². The minimum atomic E-state index is -0.355. The second-order valence-corrected chi connectivity index (χ2v) is 9.00. The summed E-state index contributed by atoms with van der Waals surface area (Å²) < 4.78 is 26.8. The van der Waals surface area contributed by atoms with E-state index in [2.05, 4.69) is 5.10 Å². The number of para-hydroxylation sites is 2. The highest BCUT2D eigenvalue weighted by Crippen LogP contribution is 2.28. The zero-order chi connectivity index (χ0) is 26.1. The molecule has 0 fully saturated rings. The fraction of sp³-hybridized carbons (Fsp3) is 0.0333. The molecular formula is C30H19ClFN3O3. The lowest BCUT2D eigenvalue weighted by Crippen LogP contribution is -2.20. The summed E-state index contributed by atoms with van der Waals surface area (Å²) in [7, 11) is 0. The fourth-order valence-electron chi connectivity index (χ4n) is 4.14. The van der Waals surface area contributed by atoms with E-state index in [4.69, 9.17) is 25.7 Å². The smallest absolute Gasteiger partial charge is 0.282 e. The molecule has 0 N–H and O–H groups in total. The number of ether oxygens (including phenoxy) is 1. The van der Waals surface area contributed by atoms with Crippen LogP contribution in [0.2, 0.25) is 5.02 Å². The van der Waals surface area contributed by atoms with Crippen LogP contribution in [0, 0.1) is 5.82 Å². The first kappa shape index (κ1) is 23.6. The van der Waals surface area contributed by atoms with Crippen molar-refractivity contribution in [1.29, 1.82) is 0 Å². The van der Waals surface area contributed by atoms with E-state index in [0.29, 0.717) is 44.1 Å². The number of halogens is 2. The van der Waals surface area contributed by atoms with Gasteiger partial charge in [0.1, 0.15) is 23.8 Å². The van der Waals surface area contributed by atoms with E-state index in [1.54, 1.807) is 48.5 Å². The third-order valence-corrected chi connectivity index (χ3v) is 6.20. The fourth-order valence-corrected chi connectivity index (χ4v) is 4.32. The van der Waals surface area contributed by atoms with Crippen molar-refractivity contribution < 1.29 is 13.5 Å². The van der Waals surface area contributed by atoms with E-state index in [1.807, 2.05) is 36.4 Å². The number of rotatable bonds is 6. The highest BCUT2D eigenvalue weighted by atomic mass is 35.5. The second kappa shape index (κ2) is 9.95. The van der Waals surface area contributed by atoms with Crippen LogP contribution < -0.4 is 10.3 Å². The largest absolute Gasteiger partial charge is 0.488 e. The van der Waals surface area contributed by atoms with Gasteiger partial charge in [-0.25, -0.2) is 9.37 Å². The number of furan rings is 1. The summed E-state index contributed by atoms with van der Waals surface area (Å²) in [5.41, 5.74) is 2.05. The molecule has 6 rings (SSSR count). The average Bonchev–Trinajstić information content (AvgIpc) is 3.36. The normalized spacial score (nSPS) is 11.5. The maximum Gasteiger partial charge on any atom is 0.282 e. The lowest BCUT2D eigenvalue weighted by atomic mass is 10.2. The summed E-state index contributed by atoms with van der Waals surface area (Å²) >= 11 is 6.26. The molecule has 186 valence electrons. The quantitative estimate of drug-likeness (QED) is 0.219. The number of nitrogens with zero attached hydrogens (tertiary/aromatic N) is 3. The third-order valence-electron chi connectivity index (χ3n) is 5.97. The Morgan fingerprint density at radius 2 is 1.82 bits per heavy atom. The molecule has 0 unspecified atom stereocenters. The zero-order valence-corrected chi connectivity index (χ0v) is 20.6. The minimum Gasteiger partial charge on any atom is -0.488 e. The molecule has 6 aromatic rings. The molecule has 0 aliphatic heterocycles. The predicted molar refractivity (Wildman–Crippen MR) is 146 cm³/mol. The summed E-state index contributed by atoms with van der Waals surface area (Å²) in [5, 5.41) is 6.26. The lowest BCUT2D eigenvalue weighted by molar-refractivity contribution is 0.305. The first-order valence-electron chi connectivity index (χ1n) is 11.8. The molecule has 0 saturated heterocycles. The molecule has 0 bridgehead atoms. The van der Waals surface area contributed by atoms with E-state index in [0.717, 1.165) is 5.39 Å². The Hall–Kier alpha value is -4.75. The Kier molecular flexibility index (Phi) is 6.19. The molecule has 0 amide bonds. The van der Waals surface area contributed by atoms with Crippen LogP contribution in [0.25, 0.3) is 33.5 Å². The van der Waals surface area contributed by atoms with Crippen LogP contribution in [0.1, 0.15) is 11.1 Å². The van der Waals surface area contributed by atoms with Crippen molar-refractivity contribution in [2.75, 3.05) is 0 Å². The molecule has 2 aromatic heterocycles. The van der Waals surface area contributed by atoms with Crippen molar-refractivity contribution in [3.8, 4) is 17.3 Å². The summed E-state index contributed by atoms with van der Waals surface area (Å²) in [5.74, 6) is 0.782. The van der Waals surface area contributed by atoms with Gasteiger partial charge in [0.2, 0.25) is 5.82 Å². The van der Waals surface area contributed by atoms with Gasteiger partial charge >= 0.3 is 0 Å². The second-order valence-electron chi connectivity index (χ2n) is 8.56. The Balaban J connectivity index is 1.44. The number of hydrogen-bond donors (Lipinski definition) is 0. The predicted octanol–water partition coefficient (Wildman–Crippen LogP) is 7.06. The van der Waals surface area contributed by atoms with E-state index in [1.165, 1.54) is 23.0 Å². The van der Waals surface area contributed by atoms with Gasteiger partial charge in [-0.1, -0.05) is 54.1 Å². The zero-order valence-electron chi connectivity index (χ0n) is 19.8. The standard InChI is InChI=1S/C30H19ClFN3O3/c31-22-12-13-26(37-18-19-6-5-8-23(32)14-19)21(15-22)17-33-35-29(28-16-20-7-1-4-11-27(20)38-28)34-25-10-3-2-9-24(25)30(35)36/h1-17H,18H2. The summed E-state index contributed by atoms with van der Waals surface area (Å²) in [6, 6.07) is 27.7. The van der Waals surface area contributed by atoms with E-state index in [9.17, 15) is 9.18 Å². The van der Waals surface area contributed by atoms with Gasteiger partial charge in [0, 0.05) is 16.0 Å². The SMILES string of the molecule is O=c1c2ccccc2nc(-c2cc3ccccc3o2)n1N=Cc1cc(Cl)ccc1OCc1cccc(F)c1. The average molecular weight is 524 g/mol. The van der Waals surface area contributed by atoms with Gasteiger partial charge < -0.3 is 9.15 Å². The monoisotopic (exact) mass is 523 g/mol. The van der Waals surface area contributed by atoms with Gasteiger partial charge in [0.15, 0.2) is 5.76 Å². The van der Waals surface area contributed by atoms with Crippen molar-refractivity contribution in [1.82, 2.24) is 9.66 Å². The maximum atomic E-state index is 13.6. The van der Waals surface area contributed by atoms with Crippen molar-refractivity contribution in [2.24, 2.45) is 5.10 Å². The van der Waals surface area contributed by atoms with Crippen LogP contribution in [0.4, 0.5) is 4.39 Å². The molecule has 0 aliphatic carbocycles. The van der Waals surface area contributed by atoms with Gasteiger partial charge in [0.05, 0.1) is 17.1 Å². The molecule has 6 nitrogen and oxygen atoms in total. The van der Waals surface area contributed by atoms with Crippen LogP contribution in [0.15, 0.2) is 111 Å². The minimum absolute atomic E-state index is 0.141. The number of benzene rings is 4.